The number of hydrogen-bond donors (Lipinski definition) is 1. The average Bonchev–Trinajstić information content (AvgIpc) is 2.71. The maximum Gasteiger partial charge on any atom is 0.232 e. The fourth-order valence-electron chi connectivity index (χ4n) is 3.08. The molecule has 164 valence electrons. The number of ether oxygens (including phenoxy) is 2. The summed E-state index contributed by atoms with van der Waals surface area (Å²) in [7, 11) is -1.92. The Bertz CT molecular complexity index is 929. The molecule has 2 aromatic carbocycles. The van der Waals surface area contributed by atoms with Crippen LogP contribution >= 0.6 is 0 Å². The van der Waals surface area contributed by atoms with Crippen LogP contribution in [-0.4, -0.2) is 40.8 Å². The first kappa shape index (κ1) is 23.5. The summed E-state index contributed by atoms with van der Waals surface area (Å²) >= 11 is 0. The van der Waals surface area contributed by atoms with Crippen molar-refractivity contribution in [2.75, 3.05) is 30.8 Å². The van der Waals surface area contributed by atoms with E-state index in [0.29, 0.717) is 24.5 Å². The van der Waals surface area contributed by atoms with Crippen LogP contribution in [-0.2, 0) is 14.8 Å². The first-order chi connectivity index (χ1) is 14.3. The predicted molar refractivity (Wildman–Crippen MR) is 119 cm³/mol. The molecule has 0 fully saturated rings. The van der Waals surface area contributed by atoms with Crippen molar-refractivity contribution in [1.82, 2.24) is 5.32 Å². The van der Waals surface area contributed by atoms with Crippen LogP contribution in [0.4, 0.5) is 5.69 Å². The zero-order valence-corrected chi connectivity index (χ0v) is 18.7. The van der Waals surface area contributed by atoms with Crippen molar-refractivity contribution in [3.05, 3.63) is 54.1 Å². The molecule has 1 unspecified atom stereocenters. The number of carbonyl (C=O) groups excluding carboxylic acids is 1. The smallest absolute Gasteiger partial charge is 0.232 e. The topological polar surface area (TPSA) is 84.9 Å². The van der Waals surface area contributed by atoms with Crippen molar-refractivity contribution in [3.8, 4) is 11.5 Å². The van der Waals surface area contributed by atoms with E-state index in [0.717, 1.165) is 17.6 Å². The highest BCUT2D eigenvalue weighted by atomic mass is 32.2. The molecule has 0 aromatic heterocycles. The van der Waals surface area contributed by atoms with E-state index >= 15 is 0 Å². The lowest BCUT2D eigenvalue weighted by Gasteiger charge is -2.24. The zero-order valence-electron chi connectivity index (χ0n) is 17.9. The molecular formula is C22H30N2O5S. The molecule has 2 rings (SSSR count). The number of nitrogens with zero attached hydrogens (tertiary/aromatic N) is 1. The molecule has 0 radical (unpaired) electrons. The minimum absolute atomic E-state index is 0.134. The molecule has 8 heteroatoms. The predicted octanol–water partition coefficient (Wildman–Crippen LogP) is 3.52. The van der Waals surface area contributed by atoms with Gasteiger partial charge in [0.15, 0.2) is 0 Å². The molecule has 30 heavy (non-hydrogen) atoms. The number of carbonyl (C=O) groups is 1. The largest absolute Gasteiger partial charge is 0.497 e. The van der Waals surface area contributed by atoms with Crippen molar-refractivity contribution in [1.29, 1.82) is 0 Å². The van der Waals surface area contributed by atoms with E-state index in [2.05, 4.69) is 5.32 Å². The van der Waals surface area contributed by atoms with Crippen molar-refractivity contribution in [2.24, 2.45) is 0 Å². The summed E-state index contributed by atoms with van der Waals surface area (Å²) in [5.74, 6) is 1.12. The Kier molecular flexibility index (Phi) is 8.53. The third-order valence-electron chi connectivity index (χ3n) is 4.59. The van der Waals surface area contributed by atoms with Crippen LogP contribution in [0.1, 0.15) is 38.3 Å². The molecule has 0 aliphatic carbocycles. The maximum atomic E-state index is 12.4. The van der Waals surface area contributed by atoms with Gasteiger partial charge in [0, 0.05) is 13.0 Å². The highest BCUT2D eigenvalue weighted by Gasteiger charge is 2.21. The van der Waals surface area contributed by atoms with Gasteiger partial charge in [-0.25, -0.2) is 8.42 Å². The lowest BCUT2D eigenvalue weighted by molar-refractivity contribution is -0.121. The first-order valence-corrected chi connectivity index (χ1v) is 11.7. The number of nitrogens with one attached hydrogen (secondary N) is 1. The Balaban J connectivity index is 1.97. The van der Waals surface area contributed by atoms with E-state index in [1.54, 1.807) is 31.4 Å². The third-order valence-corrected chi connectivity index (χ3v) is 5.77. The fourth-order valence-corrected chi connectivity index (χ4v) is 4.05. The van der Waals surface area contributed by atoms with E-state index in [1.807, 2.05) is 38.1 Å². The van der Waals surface area contributed by atoms with Crippen LogP contribution in [0.3, 0.4) is 0 Å². The van der Waals surface area contributed by atoms with Gasteiger partial charge in [-0.1, -0.05) is 24.3 Å². The number of hydrogen-bond acceptors (Lipinski definition) is 5. The number of rotatable bonds is 11. The van der Waals surface area contributed by atoms with Crippen molar-refractivity contribution in [3.63, 3.8) is 0 Å². The summed E-state index contributed by atoms with van der Waals surface area (Å²) in [5, 5.41) is 2.95. The molecule has 0 saturated carbocycles. The Morgan fingerprint density at radius 2 is 1.80 bits per heavy atom. The standard InChI is InChI=1S/C22H30N2O5S/c1-5-29-21-10-7-6-9-20(21)24(30(4,26)27)16-8-11-22(25)23-17(2)18-12-14-19(28-3)15-13-18/h6-7,9-10,12-15,17H,5,8,11,16H2,1-4H3,(H,23,25). The number of benzene rings is 2. The Morgan fingerprint density at radius 1 is 1.13 bits per heavy atom. The summed E-state index contributed by atoms with van der Waals surface area (Å²) in [4.78, 5) is 12.4. The van der Waals surface area contributed by atoms with Gasteiger partial charge >= 0.3 is 0 Å². The second-order valence-electron chi connectivity index (χ2n) is 6.90. The molecule has 0 bridgehead atoms. The zero-order chi connectivity index (χ0) is 22.1. The van der Waals surface area contributed by atoms with E-state index in [-0.39, 0.29) is 24.9 Å². The van der Waals surface area contributed by atoms with E-state index in [1.165, 1.54) is 4.31 Å². The van der Waals surface area contributed by atoms with Crippen molar-refractivity contribution < 1.29 is 22.7 Å². The summed E-state index contributed by atoms with van der Waals surface area (Å²) in [6.07, 6.45) is 1.75. The third kappa shape index (κ3) is 6.66. The molecule has 1 amide bonds. The molecule has 1 N–H and O–H groups in total. The fraction of sp³-hybridized carbons (Fsp3) is 0.409. The maximum absolute atomic E-state index is 12.4. The average molecular weight is 435 g/mol. The quantitative estimate of drug-likeness (QED) is 0.585. The molecule has 7 nitrogen and oxygen atoms in total. The molecule has 0 aliphatic rings. The number of anilines is 1. The van der Waals surface area contributed by atoms with Gasteiger partial charge in [0.05, 0.1) is 31.7 Å². The molecule has 0 aliphatic heterocycles. The summed E-state index contributed by atoms with van der Waals surface area (Å²) < 4.78 is 36.7. The Hall–Kier alpha value is -2.74. The highest BCUT2D eigenvalue weighted by molar-refractivity contribution is 7.92. The van der Waals surface area contributed by atoms with Crippen LogP contribution < -0.4 is 19.1 Å². The molecule has 0 spiro atoms. The van der Waals surface area contributed by atoms with Gasteiger partial charge in [-0.3, -0.25) is 9.10 Å². The van der Waals surface area contributed by atoms with E-state index in [9.17, 15) is 13.2 Å². The molecule has 1 atom stereocenters. The van der Waals surface area contributed by atoms with Gasteiger partial charge in [-0.15, -0.1) is 0 Å². The Morgan fingerprint density at radius 3 is 2.40 bits per heavy atom. The van der Waals surface area contributed by atoms with Crippen LogP contribution in [0, 0.1) is 0 Å². The molecule has 0 saturated heterocycles. The van der Waals surface area contributed by atoms with Gasteiger partial charge in [-0.05, 0) is 50.1 Å². The number of sulfonamides is 1. The van der Waals surface area contributed by atoms with Gasteiger partial charge in [0.1, 0.15) is 11.5 Å². The van der Waals surface area contributed by atoms with Crippen LogP contribution in [0.5, 0.6) is 11.5 Å². The highest BCUT2D eigenvalue weighted by Crippen LogP contribution is 2.30. The molecular weight excluding hydrogens is 404 g/mol. The summed E-state index contributed by atoms with van der Waals surface area (Å²) in [5.41, 5.74) is 1.45. The van der Waals surface area contributed by atoms with Gasteiger partial charge in [-0.2, -0.15) is 0 Å². The normalized spacial score (nSPS) is 12.1. The second kappa shape index (κ2) is 10.9. The molecule has 0 heterocycles. The lowest BCUT2D eigenvalue weighted by atomic mass is 10.1. The Labute approximate surface area is 179 Å². The van der Waals surface area contributed by atoms with Gasteiger partial charge in [0.25, 0.3) is 0 Å². The van der Waals surface area contributed by atoms with Crippen LogP contribution in [0.2, 0.25) is 0 Å². The van der Waals surface area contributed by atoms with E-state index < -0.39 is 10.0 Å². The van der Waals surface area contributed by atoms with E-state index in [4.69, 9.17) is 9.47 Å². The second-order valence-corrected chi connectivity index (χ2v) is 8.81. The first-order valence-electron chi connectivity index (χ1n) is 9.89. The summed E-state index contributed by atoms with van der Waals surface area (Å²) in [6.45, 7) is 4.37. The SMILES string of the molecule is CCOc1ccccc1N(CCCC(=O)NC(C)c1ccc(OC)cc1)S(C)(=O)=O. The van der Waals surface area contributed by atoms with Crippen LogP contribution in [0.15, 0.2) is 48.5 Å². The van der Waals surface area contributed by atoms with Crippen molar-refractivity contribution >= 4 is 21.6 Å². The minimum atomic E-state index is -3.52. The van der Waals surface area contributed by atoms with Gasteiger partial charge < -0.3 is 14.8 Å². The molecule has 2 aromatic rings. The summed E-state index contributed by atoms with van der Waals surface area (Å²) in [6, 6.07) is 14.3. The monoisotopic (exact) mass is 434 g/mol. The number of amides is 1. The minimum Gasteiger partial charge on any atom is -0.497 e. The van der Waals surface area contributed by atoms with Crippen LogP contribution in [0.25, 0.3) is 0 Å². The van der Waals surface area contributed by atoms with Crippen molar-refractivity contribution in [2.45, 2.75) is 32.7 Å². The number of methoxy groups -OCH3 is 1. The number of para-hydroxylation sites is 2. The lowest BCUT2D eigenvalue weighted by Crippen LogP contribution is -2.33. The van der Waals surface area contributed by atoms with Gasteiger partial charge in [0.2, 0.25) is 15.9 Å².